The van der Waals surface area contributed by atoms with Gasteiger partial charge in [0.15, 0.2) is 5.78 Å². The van der Waals surface area contributed by atoms with Gasteiger partial charge in [-0.2, -0.15) is 0 Å². The van der Waals surface area contributed by atoms with Gasteiger partial charge in [-0.3, -0.25) is 4.79 Å². The topological polar surface area (TPSA) is 55.4 Å². The predicted molar refractivity (Wildman–Crippen MR) is 65.7 cm³/mol. The molecule has 96 valence electrons. The molecular weight excluding hydrogens is 218 g/mol. The van der Waals surface area contributed by atoms with Crippen molar-refractivity contribution >= 4 is 11.9 Å². The summed E-state index contributed by atoms with van der Waals surface area (Å²) in [4.78, 5) is 22.9. The first kappa shape index (κ1) is 13.7. The Morgan fingerprint density at radius 3 is 2.47 bits per heavy atom. The van der Waals surface area contributed by atoms with E-state index in [-0.39, 0.29) is 17.6 Å². The quantitative estimate of drug-likeness (QED) is 0.766. The number of nitrogens with one attached hydrogen (secondary N) is 1. The number of carbonyl (C=O) groups excluding carboxylic acids is 2. The number of ether oxygens (including phenoxy) is 1. The molecule has 0 aromatic rings. The van der Waals surface area contributed by atoms with Crippen LogP contribution in [0.25, 0.3) is 0 Å². The average molecular weight is 239 g/mol. The highest BCUT2D eigenvalue weighted by Gasteiger charge is 2.42. The third kappa shape index (κ3) is 4.59. The molecular formula is C13H21NO3. The lowest BCUT2D eigenvalue weighted by atomic mass is 10.1. The van der Waals surface area contributed by atoms with Crippen molar-refractivity contribution in [3.05, 3.63) is 12.2 Å². The Kier molecular flexibility index (Phi) is 3.96. The Bertz CT molecular complexity index is 341. The maximum absolute atomic E-state index is 11.5. The van der Waals surface area contributed by atoms with E-state index in [0.717, 1.165) is 6.42 Å². The number of ketones is 1. The minimum Gasteiger partial charge on any atom is -0.444 e. The number of carbonyl (C=O) groups is 2. The molecule has 4 nitrogen and oxygen atoms in total. The first-order valence-corrected chi connectivity index (χ1v) is 5.87. The number of amides is 1. The molecule has 1 aliphatic rings. The predicted octanol–water partition coefficient (Wildman–Crippen LogP) is 2.29. The molecule has 0 aromatic heterocycles. The summed E-state index contributed by atoms with van der Waals surface area (Å²) in [6.07, 6.45) is 0.410. The van der Waals surface area contributed by atoms with Gasteiger partial charge in [-0.15, -0.1) is 0 Å². The molecule has 0 spiro atoms. The average Bonchev–Trinajstić information content (AvgIpc) is 2.89. The van der Waals surface area contributed by atoms with Crippen molar-refractivity contribution in [3.63, 3.8) is 0 Å². The van der Waals surface area contributed by atoms with E-state index < -0.39 is 11.7 Å². The molecule has 0 saturated heterocycles. The van der Waals surface area contributed by atoms with Crippen LogP contribution in [0.5, 0.6) is 0 Å². The first-order valence-electron chi connectivity index (χ1n) is 5.87. The highest BCUT2D eigenvalue weighted by Crippen LogP contribution is 2.39. The van der Waals surface area contributed by atoms with E-state index in [0.29, 0.717) is 12.1 Å². The highest BCUT2D eigenvalue weighted by atomic mass is 16.6. The summed E-state index contributed by atoms with van der Waals surface area (Å²) in [6, 6.07) is 0. The van der Waals surface area contributed by atoms with Crippen LogP contribution in [-0.2, 0) is 9.53 Å². The lowest BCUT2D eigenvalue weighted by Crippen LogP contribution is -2.33. The second kappa shape index (κ2) is 4.90. The van der Waals surface area contributed by atoms with Crippen LogP contribution >= 0.6 is 0 Å². The van der Waals surface area contributed by atoms with Gasteiger partial charge in [0.25, 0.3) is 0 Å². The Balaban J connectivity index is 2.24. The maximum atomic E-state index is 11.5. The molecule has 2 unspecified atom stereocenters. The monoisotopic (exact) mass is 239 g/mol. The van der Waals surface area contributed by atoms with E-state index in [1.54, 1.807) is 6.92 Å². The number of alkyl carbamates (subject to hydrolysis) is 1. The van der Waals surface area contributed by atoms with Crippen LogP contribution in [-0.4, -0.2) is 24.0 Å². The van der Waals surface area contributed by atoms with Crippen molar-refractivity contribution in [2.75, 3.05) is 6.54 Å². The van der Waals surface area contributed by atoms with Gasteiger partial charge >= 0.3 is 6.09 Å². The molecule has 1 aliphatic carbocycles. The normalized spacial score (nSPS) is 22.8. The molecule has 0 aliphatic heterocycles. The van der Waals surface area contributed by atoms with Crippen molar-refractivity contribution in [3.8, 4) is 0 Å². The third-order valence-corrected chi connectivity index (χ3v) is 2.59. The van der Waals surface area contributed by atoms with Crippen molar-refractivity contribution in [2.45, 2.75) is 39.7 Å². The van der Waals surface area contributed by atoms with Crippen LogP contribution in [0.3, 0.4) is 0 Å². The molecule has 1 N–H and O–H groups in total. The van der Waals surface area contributed by atoms with Gasteiger partial charge in [0.2, 0.25) is 0 Å². The number of Topliss-reactive ketones (excluding diaryl/α,β-unsaturated/α-hetero) is 1. The Morgan fingerprint density at radius 2 is 2.00 bits per heavy atom. The Morgan fingerprint density at radius 1 is 1.41 bits per heavy atom. The van der Waals surface area contributed by atoms with Gasteiger partial charge < -0.3 is 10.1 Å². The van der Waals surface area contributed by atoms with Gasteiger partial charge in [0.05, 0.1) is 0 Å². The van der Waals surface area contributed by atoms with E-state index in [2.05, 4.69) is 11.9 Å². The minimum absolute atomic E-state index is 0.0439. The fourth-order valence-electron chi connectivity index (χ4n) is 1.64. The van der Waals surface area contributed by atoms with Crippen molar-refractivity contribution in [1.29, 1.82) is 0 Å². The first-order chi connectivity index (χ1) is 7.70. The van der Waals surface area contributed by atoms with E-state index >= 15 is 0 Å². The molecule has 2 atom stereocenters. The lowest BCUT2D eigenvalue weighted by Gasteiger charge is -2.19. The van der Waals surface area contributed by atoms with E-state index in [4.69, 9.17) is 4.74 Å². The summed E-state index contributed by atoms with van der Waals surface area (Å²) >= 11 is 0. The van der Waals surface area contributed by atoms with E-state index in [1.165, 1.54) is 0 Å². The Labute approximate surface area is 102 Å². The molecule has 4 heteroatoms. The third-order valence-electron chi connectivity index (χ3n) is 2.59. The van der Waals surface area contributed by atoms with Gasteiger partial charge in [-0.25, -0.2) is 4.79 Å². The molecule has 0 radical (unpaired) electrons. The van der Waals surface area contributed by atoms with Gasteiger partial charge in [0.1, 0.15) is 5.60 Å². The molecule has 0 heterocycles. The summed E-state index contributed by atoms with van der Waals surface area (Å²) in [5, 5.41) is 2.68. The fourth-order valence-corrected chi connectivity index (χ4v) is 1.64. The minimum atomic E-state index is -0.486. The second-order valence-corrected chi connectivity index (χ2v) is 5.63. The molecule has 1 saturated carbocycles. The van der Waals surface area contributed by atoms with E-state index in [1.807, 2.05) is 20.8 Å². The largest absolute Gasteiger partial charge is 0.444 e. The number of allylic oxidation sites excluding steroid dienone is 1. The van der Waals surface area contributed by atoms with Crippen molar-refractivity contribution < 1.29 is 14.3 Å². The van der Waals surface area contributed by atoms with E-state index in [9.17, 15) is 9.59 Å². The zero-order valence-electron chi connectivity index (χ0n) is 11.0. The van der Waals surface area contributed by atoms with Crippen LogP contribution in [0.15, 0.2) is 12.2 Å². The Hall–Kier alpha value is -1.32. The van der Waals surface area contributed by atoms with Crippen molar-refractivity contribution in [2.24, 2.45) is 11.8 Å². The zero-order valence-corrected chi connectivity index (χ0v) is 11.0. The maximum Gasteiger partial charge on any atom is 0.407 e. The van der Waals surface area contributed by atoms with Crippen LogP contribution < -0.4 is 5.32 Å². The number of hydrogen-bond acceptors (Lipinski definition) is 3. The number of rotatable bonds is 4. The molecule has 17 heavy (non-hydrogen) atoms. The van der Waals surface area contributed by atoms with Crippen LogP contribution in [0.4, 0.5) is 4.79 Å². The highest BCUT2D eigenvalue weighted by molar-refractivity contribution is 5.97. The molecule has 1 fully saturated rings. The lowest BCUT2D eigenvalue weighted by molar-refractivity contribution is -0.116. The summed E-state index contributed by atoms with van der Waals surface area (Å²) in [6.45, 7) is 11.3. The van der Waals surface area contributed by atoms with Gasteiger partial charge in [-0.05, 0) is 45.6 Å². The summed E-state index contributed by atoms with van der Waals surface area (Å²) in [5.74, 6) is 0.398. The molecule has 0 bridgehead atoms. The number of hydrogen-bond donors (Lipinski definition) is 1. The summed E-state index contributed by atoms with van der Waals surface area (Å²) in [5.41, 5.74) is 0.107. The zero-order chi connectivity index (χ0) is 13.2. The smallest absolute Gasteiger partial charge is 0.407 e. The van der Waals surface area contributed by atoms with Gasteiger partial charge in [0, 0.05) is 12.5 Å². The van der Waals surface area contributed by atoms with Gasteiger partial charge in [-0.1, -0.05) is 6.58 Å². The second-order valence-electron chi connectivity index (χ2n) is 5.63. The van der Waals surface area contributed by atoms with Crippen molar-refractivity contribution in [1.82, 2.24) is 5.32 Å². The SMILES string of the molecule is C=C(C)C(=O)C1CC1CNC(=O)OC(C)(C)C. The van der Waals surface area contributed by atoms with Crippen LogP contribution in [0, 0.1) is 11.8 Å². The summed E-state index contributed by atoms with van der Waals surface area (Å²) in [7, 11) is 0. The fraction of sp³-hybridized carbons (Fsp3) is 0.692. The molecule has 0 aromatic carbocycles. The van der Waals surface area contributed by atoms with Crippen LogP contribution in [0.1, 0.15) is 34.1 Å². The standard InChI is InChI=1S/C13H21NO3/c1-8(2)11(15)10-6-9(10)7-14-12(16)17-13(3,4)5/h9-10H,1,6-7H2,2-5H3,(H,14,16). The molecule has 1 amide bonds. The summed E-state index contributed by atoms with van der Waals surface area (Å²) < 4.78 is 5.11. The van der Waals surface area contributed by atoms with Crippen LogP contribution in [0.2, 0.25) is 0 Å². The molecule has 1 rings (SSSR count).